The third-order valence-corrected chi connectivity index (χ3v) is 5.20. The molecule has 0 saturated carbocycles. The number of sulfonamides is 1. The lowest BCUT2D eigenvalue weighted by atomic mass is 10.2. The van der Waals surface area contributed by atoms with Gasteiger partial charge in [-0.05, 0) is 18.6 Å². The highest BCUT2D eigenvalue weighted by Crippen LogP contribution is 2.31. The second kappa shape index (κ2) is 6.83. The summed E-state index contributed by atoms with van der Waals surface area (Å²) < 4.78 is 26.1. The molecule has 1 aromatic carbocycles. The minimum Gasteiger partial charge on any atom is -0.395 e. The molecule has 0 aliphatic rings. The normalized spacial score (nSPS) is 11.7. The van der Waals surface area contributed by atoms with Crippen LogP contribution < -0.4 is 5.32 Å². The summed E-state index contributed by atoms with van der Waals surface area (Å²) in [5.41, 5.74) is 0.352. The average Bonchev–Trinajstić information content (AvgIpc) is 2.43. The number of nitro benzene ring substituents is 1. The largest absolute Gasteiger partial charge is 0.395 e. The number of benzene rings is 1. The van der Waals surface area contributed by atoms with Gasteiger partial charge in [0.15, 0.2) is 0 Å². The molecule has 0 saturated heterocycles. The van der Waals surface area contributed by atoms with Gasteiger partial charge in [0, 0.05) is 26.2 Å². The van der Waals surface area contributed by atoms with Gasteiger partial charge in [-0.2, -0.15) is 4.31 Å². The first-order valence-corrected chi connectivity index (χ1v) is 7.81. The lowest BCUT2D eigenvalue weighted by molar-refractivity contribution is -0.384. The zero-order valence-corrected chi connectivity index (χ0v) is 13.0. The number of nitrogens with one attached hydrogen (secondary N) is 1. The number of aliphatic hydroxyl groups is 1. The smallest absolute Gasteiger partial charge is 0.293 e. The van der Waals surface area contributed by atoms with Crippen LogP contribution in [0, 0.1) is 17.0 Å². The number of aryl methyl sites for hydroxylation is 1. The Kier molecular flexibility index (Phi) is 5.64. The van der Waals surface area contributed by atoms with Crippen molar-refractivity contribution in [2.45, 2.75) is 18.7 Å². The third kappa shape index (κ3) is 3.49. The summed E-state index contributed by atoms with van der Waals surface area (Å²) in [6.45, 7) is 3.01. The highest BCUT2D eigenvalue weighted by molar-refractivity contribution is 7.89. The van der Waals surface area contributed by atoms with Crippen molar-refractivity contribution in [3.63, 3.8) is 0 Å². The van der Waals surface area contributed by atoms with Crippen molar-refractivity contribution in [1.29, 1.82) is 0 Å². The molecule has 0 bridgehead atoms. The first-order valence-electron chi connectivity index (χ1n) is 6.37. The second-order valence-corrected chi connectivity index (χ2v) is 6.27. The van der Waals surface area contributed by atoms with E-state index in [2.05, 4.69) is 5.32 Å². The summed E-state index contributed by atoms with van der Waals surface area (Å²) in [7, 11) is -2.36. The highest BCUT2D eigenvalue weighted by atomic mass is 32.2. The van der Waals surface area contributed by atoms with Gasteiger partial charge < -0.3 is 10.4 Å². The van der Waals surface area contributed by atoms with E-state index in [4.69, 9.17) is 5.11 Å². The second-order valence-electron chi connectivity index (χ2n) is 4.36. The summed E-state index contributed by atoms with van der Waals surface area (Å²) in [5.74, 6) is 0. The fourth-order valence-electron chi connectivity index (χ4n) is 2.01. The van der Waals surface area contributed by atoms with E-state index >= 15 is 0 Å². The first-order chi connectivity index (χ1) is 9.79. The van der Waals surface area contributed by atoms with Crippen LogP contribution in [0.5, 0.6) is 0 Å². The van der Waals surface area contributed by atoms with Crippen LogP contribution >= 0.6 is 0 Å². The molecule has 1 aromatic rings. The van der Waals surface area contributed by atoms with Gasteiger partial charge in [-0.15, -0.1) is 0 Å². The molecule has 0 aliphatic carbocycles. The number of nitro groups is 1. The number of nitrogens with zero attached hydrogens (tertiary/aromatic N) is 2. The van der Waals surface area contributed by atoms with Gasteiger partial charge in [0.1, 0.15) is 5.69 Å². The van der Waals surface area contributed by atoms with E-state index in [1.807, 2.05) is 0 Å². The summed E-state index contributed by atoms with van der Waals surface area (Å²) in [6, 6.07) is 2.48. The maximum atomic E-state index is 12.5. The first kappa shape index (κ1) is 17.3. The van der Waals surface area contributed by atoms with E-state index in [9.17, 15) is 18.5 Å². The Morgan fingerprint density at radius 1 is 1.43 bits per heavy atom. The van der Waals surface area contributed by atoms with Crippen molar-refractivity contribution < 1.29 is 18.4 Å². The summed E-state index contributed by atoms with van der Waals surface area (Å²) in [6.07, 6.45) is 0. The molecule has 0 aliphatic heterocycles. The molecule has 0 amide bonds. The van der Waals surface area contributed by atoms with Crippen molar-refractivity contribution in [3.8, 4) is 0 Å². The standard InChI is InChI=1S/C12H19N3O5S/c1-4-14(5-6-16)21(19,20)12-8-11(15(17)18)10(13-3)7-9(12)2/h7-8,13,16H,4-6H2,1-3H3. The Balaban J connectivity index is 3.49. The third-order valence-electron chi connectivity index (χ3n) is 3.08. The van der Waals surface area contributed by atoms with Gasteiger partial charge in [0.05, 0.1) is 16.4 Å². The maximum absolute atomic E-state index is 12.5. The molecule has 0 spiro atoms. The van der Waals surface area contributed by atoms with Gasteiger partial charge in [0.25, 0.3) is 5.69 Å². The SMILES string of the molecule is CCN(CCO)S(=O)(=O)c1cc([N+](=O)[O-])c(NC)cc1C. The van der Waals surface area contributed by atoms with E-state index < -0.39 is 14.9 Å². The fraction of sp³-hybridized carbons (Fsp3) is 0.500. The average molecular weight is 317 g/mol. The van der Waals surface area contributed by atoms with Crippen LogP contribution in [0.3, 0.4) is 0 Å². The van der Waals surface area contributed by atoms with Crippen LogP contribution in [-0.2, 0) is 10.0 Å². The Morgan fingerprint density at radius 2 is 2.05 bits per heavy atom. The molecular weight excluding hydrogens is 298 g/mol. The Labute approximate surface area is 123 Å². The highest BCUT2D eigenvalue weighted by Gasteiger charge is 2.28. The summed E-state index contributed by atoms with van der Waals surface area (Å²) in [5, 5.41) is 22.7. The molecule has 0 heterocycles. The molecule has 0 fully saturated rings. The van der Waals surface area contributed by atoms with E-state index in [-0.39, 0.29) is 36.0 Å². The minimum atomic E-state index is -3.88. The van der Waals surface area contributed by atoms with Crippen LogP contribution in [0.15, 0.2) is 17.0 Å². The number of hydrogen-bond donors (Lipinski definition) is 2. The zero-order chi connectivity index (χ0) is 16.2. The predicted octanol–water partition coefficient (Wildman–Crippen LogP) is 0.948. The monoisotopic (exact) mass is 317 g/mol. The molecule has 21 heavy (non-hydrogen) atoms. The number of likely N-dealkylation sites (N-methyl/N-ethyl adjacent to an activating group) is 1. The molecule has 1 rings (SSSR count). The molecule has 9 heteroatoms. The van der Waals surface area contributed by atoms with Crippen LogP contribution in [0.4, 0.5) is 11.4 Å². The van der Waals surface area contributed by atoms with Crippen LogP contribution in [0.2, 0.25) is 0 Å². The van der Waals surface area contributed by atoms with E-state index in [1.165, 1.54) is 13.1 Å². The van der Waals surface area contributed by atoms with E-state index in [0.29, 0.717) is 5.56 Å². The Morgan fingerprint density at radius 3 is 2.48 bits per heavy atom. The van der Waals surface area contributed by atoms with E-state index in [1.54, 1.807) is 13.8 Å². The number of rotatable bonds is 7. The minimum absolute atomic E-state index is 0.0557. The van der Waals surface area contributed by atoms with Gasteiger partial charge in [0.2, 0.25) is 10.0 Å². The Hall–Kier alpha value is -1.71. The summed E-state index contributed by atoms with van der Waals surface area (Å²) in [4.78, 5) is 10.3. The van der Waals surface area contributed by atoms with Crippen LogP contribution in [-0.4, -0.2) is 49.5 Å². The quantitative estimate of drug-likeness (QED) is 0.572. The van der Waals surface area contributed by atoms with Gasteiger partial charge in [-0.25, -0.2) is 8.42 Å². The molecule has 118 valence electrons. The molecule has 0 unspecified atom stereocenters. The van der Waals surface area contributed by atoms with Crippen molar-refractivity contribution in [1.82, 2.24) is 4.31 Å². The topological polar surface area (TPSA) is 113 Å². The zero-order valence-electron chi connectivity index (χ0n) is 12.2. The van der Waals surface area contributed by atoms with Crippen molar-refractivity contribution >= 4 is 21.4 Å². The molecular formula is C12H19N3O5S. The van der Waals surface area contributed by atoms with Crippen molar-refractivity contribution in [2.75, 3.05) is 32.1 Å². The predicted molar refractivity (Wildman–Crippen MR) is 78.9 cm³/mol. The lowest BCUT2D eigenvalue weighted by Crippen LogP contribution is -2.33. The number of hydrogen-bond acceptors (Lipinski definition) is 6. The summed E-state index contributed by atoms with van der Waals surface area (Å²) >= 11 is 0. The molecule has 0 radical (unpaired) electrons. The van der Waals surface area contributed by atoms with Crippen molar-refractivity contribution in [2.24, 2.45) is 0 Å². The molecule has 0 aromatic heterocycles. The molecule has 0 atom stereocenters. The van der Waals surface area contributed by atoms with E-state index in [0.717, 1.165) is 10.4 Å². The number of anilines is 1. The number of aliphatic hydroxyl groups excluding tert-OH is 1. The van der Waals surface area contributed by atoms with Crippen LogP contribution in [0.25, 0.3) is 0 Å². The van der Waals surface area contributed by atoms with Crippen molar-refractivity contribution in [3.05, 3.63) is 27.8 Å². The molecule has 2 N–H and O–H groups in total. The van der Waals surface area contributed by atoms with Crippen LogP contribution in [0.1, 0.15) is 12.5 Å². The van der Waals surface area contributed by atoms with Gasteiger partial charge in [-0.3, -0.25) is 10.1 Å². The Bertz CT molecular complexity index is 630. The lowest BCUT2D eigenvalue weighted by Gasteiger charge is -2.20. The fourth-order valence-corrected chi connectivity index (χ4v) is 3.67. The van der Waals surface area contributed by atoms with Gasteiger partial charge >= 0.3 is 0 Å². The molecule has 8 nitrogen and oxygen atoms in total. The van der Waals surface area contributed by atoms with Gasteiger partial charge in [-0.1, -0.05) is 6.92 Å². The maximum Gasteiger partial charge on any atom is 0.293 e.